The molecule has 0 aromatic heterocycles. The van der Waals surface area contributed by atoms with Crippen LogP contribution in [0.25, 0.3) is 0 Å². The van der Waals surface area contributed by atoms with E-state index < -0.39 is 11.9 Å². The minimum atomic E-state index is -1.23. The molecule has 0 bridgehead atoms. The fourth-order valence-corrected chi connectivity index (χ4v) is 0.810. The van der Waals surface area contributed by atoms with E-state index in [1.807, 2.05) is 0 Å². The molecule has 0 fully saturated rings. The number of aliphatic hydroxyl groups is 3. The van der Waals surface area contributed by atoms with Crippen molar-refractivity contribution in [1.82, 2.24) is 0 Å². The number of hydrogen-bond donors (Lipinski definition) is 3. The molecule has 0 saturated heterocycles. The van der Waals surface area contributed by atoms with Crippen LogP contribution in [0.1, 0.15) is 12.8 Å². The van der Waals surface area contributed by atoms with E-state index in [4.69, 9.17) is 50.1 Å². The highest BCUT2D eigenvalue weighted by Gasteiger charge is 1.91. The van der Waals surface area contributed by atoms with Crippen molar-refractivity contribution in [2.45, 2.75) is 24.7 Å². The summed E-state index contributed by atoms with van der Waals surface area (Å²) < 4.78 is 0. The second-order valence-electron chi connectivity index (χ2n) is 1.87. The predicted molar refractivity (Wildman–Crippen MR) is 50.8 cm³/mol. The lowest BCUT2D eigenvalue weighted by Gasteiger charge is -1.93. The summed E-state index contributed by atoms with van der Waals surface area (Å²) >= 11 is 15.3. The van der Waals surface area contributed by atoms with Gasteiger partial charge in [-0.3, -0.25) is 0 Å². The molecule has 3 N–H and O–H groups in total. The van der Waals surface area contributed by atoms with Crippen molar-refractivity contribution in [1.29, 1.82) is 0 Å². The molecule has 0 heterocycles. The predicted octanol–water partition coefficient (Wildman–Crippen LogP) is 1.10. The van der Waals surface area contributed by atoms with Gasteiger partial charge < -0.3 is 15.3 Å². The van der Waals surface area contributed by atoms with Crippen LogP contribution in [0.3, 0.4) is 0 Å². The Morgan fingerprint density at radius 1 is 0.917 bits per heavy atom. The Labute approximate surface area is 86.9 Å². The van der Waals surface area contributed by atoms with Gasteiger partial charge in [0.05, 0.1) is 0 Å². The van der Waals surface area contributed by atoms with Crippen LogP contribution in [0.4, 0.5) is 0 Å². The smallest absolute Gasteiger partial charge is 0.152 e. The number of halogens is 3. The number of alkyl halides is 3. The molecule has 12 heavy (non-hydrogen) atoms. The van der Waals surface area contributed by atoms with E-state index in [-0.39, 0.29) is 6.42 Å². The van der Waals surface area contributed by atoms with Crippen LogP contribution in [0, 0.1) is 0 Å². The van der Waals surface area contributed by atoms with Crippen molar-refractivity contribution >= 4 is 34.8 Å². The van der Waals surface area contributed by atoms with Gasteiger partial charge in [-0.2, -0.15) is 0 Å². The van der Waals surface area contributed by atoms with Gasteiger partial charge >= 0.3 is 0 Å². The first-order valence-corrected chi connectivity index (χ1v) is 4.85. The topological polar surface area (TPSA) is 60.7 Å². The second-order valence-corrected chi connectivity index (χ2v) is 3.13. The lowest BCUT2D eigenvalue weighted by Crippen LogP contribution is -2.03. The van der Waals surface area contributed by atoms with Gasteiger partial charge in [0.2, 0.25) is 0 Å². The van der Waals surface area contributed by atoms with Crippen LogP contribution in [0.2, 0.25) is 0 Å². The van der Waals surface area contributed by atoms with Gasteiger partial charge in [-0.1, -0.05) is 11.6 Å². The van der Waals surface area contributed by atoms with Crippen LogP contribution < -0.4 is 0 Å². The summed E-state index contributed by atoms with van der Waals surface area (Å²) in [5.74, 6) is 0.725. The zero-order chi connectivity index (χ0) is 9.98. The average molecular weight is 240 g/mol. The second kappa shape index (κ2) is 11.8. The standard InChI is InChI=1S/C3H6Cl2O.C3H7ClO2/c2*4-2-1-3(5)6/h3,6H,1-2H2;3,5-6H,1-2H2. The van der Waals surface area contributed by atoms with Crippen molar-refractivity contribution in [3.05, 3.63) is 0 Å². The molecule has 0 saturated carbocycles. The zero-order valence-corrected chi connectivity index (χ0v) is 8.73. The Hall–Kier alpha value is 0.750. The third kappa shape index (κ3) is 22.4. The third-order valence-corrected chi connectivity index (χ3v) is 1.37. The molecule has 1 unspecified atom stereocenters. The molecule has 0 aliphatic heterocycles. The first-order valence-electron chi connectivity index (χ1n) is 3.34. The van der Waals surface area contributed by atoms with E-state index >= 15 is 0 Å². The molecule has 3 nitrogen and oxygen atoms in total. The quantitative estimate of drug-likeness (QED) is 0.509. The Morgan fingerprint density at radius 3 is 1.33 bits per heavy atom. The maximum Gasteiger partial charge on any atom is 0.152 e. The van der Waals surface area contributed by atoms with E-state index in [0.717, 1.165) is 0 Å². The van der Waals surface area contributed by atoms with Crippen molar-refractivity contribution in [2.24, 2.45) is 0 Å². The highest BCUT2D eigenvalue weighted by molar-refractivity contribution is 6.21. The summed E-state index contributed by atoms with van der Waals surface area (Å²) in [6.07, 6.45) is -0.521. The molecule has 76 valence electrons. The van der Waals surface area contributed by atoms with Gasteiger partial charge in [0, 0.05) is 24.6 Å². The zero-order valence-electron chi connectivity index (χ0n) is 6.46. The van der Waals surface area contributed by atoms with Crippen LogP contribution in [-0.4, -0.2) is 38.9 Å². The highest BCUT2D eigenvalue weighted by Crippen LogP contribution is 1.96. The van der Waals surface area contributed by atoms with Gasteiger partial charge in [-0.25, -0.2) is 0 Å². The van der Waals surface area contributed by atoms with Gasteiger partial charge in [0.15, 0.2) is 6.29 Å². The van der Waals surface area contributed by atoms with Gasteiger partial charge in [0.1, 0.15) is 5.56 Å². The fraction of sp³-hybridized carbons (Fsp3) is 1.00. The van der Waals surface area contributed by atoms with Crippen LogP contribution >= 0.6 is 34.8 Å². The third-order valence-electron chi connectivity index (χ3n) is 0.715. The normalized spacial score (nSPS) is 12.2. The number of rotatable bonds is 4. The highest BCUT2D eigenvalue weighted by atomic mass is 35.5. The molecule has 1 atom stereocenters. The molecule has 0 rings (SSSR count). The van der Waals surface area contributed by atoms with Crippen LogP contribution in [-0.2, 0) is 0 Å². The molecular formula is C6H13Cl3O3. The summed E-state index contributed by atoms with van der Waals surface area (Å²) in [4.78, 5) is 0. The van der Waals surface area contributed by atoms with Crippen LogP contribution in [0.15, 0.2) is 0 Å². The lowest BCUT2D eigenvalue weighted by molar-refractivity contribution is -0.0406. The average Bonchev–Trinajstić information content (AvgIpc) is 1.87. The van der Waals surface area contributed by atoms with E-state index in [2.05, 4.69) is 0 Å². The Bertz CT molecular complexity index is 70.4. The molecule has 0 spiro atoms. The molecule has 0 aromatic carbocycles. The van der Waals surface area contributed by atoms with Gasteiger partial charge in [-0.15, -0.1) is 23.2 Å². The fourth-order valence-electron chi connectivity index (χ4n) is 0.188. The Kier molecular flexibility index (Phi) is 14.9. The SMILES string of the molecule is OC(Cl)CCCl.OC(O)CCCl. The number of hydrogen-bond acceptors (Lipinski definition) is 3. The van der Waals surface area contributed by atoms with Crippen molar-refractivity contribution in [2.75, 3.05) is 11.8 Å². The number of aliphatic hydroxyl groups excluding tert-OH is 2. The van der Waals surface area contributed by atoms with Gasteiger partial charge in [0.25, 0.3) is 0 Å². The van der Waals surface area contributed by atoms with Gasteiger partial charge in [-0.05, 0) is 0 Å². The molecule has 0 aliphatic rings. The maximum absolute atomic E-state index is 8.23. The summed E-state index contributed by atoms with van der Waals surface area (Å²) in [6.45, 7) is 0. The maximum atomic E-state index is 8.23. The van der Waals surface area contributed by atoms with E-state index in [9.17, 15) is 0 Å². The Balaban J connectivity index is 0. The summed E-state index contributed by atoms with van der Waals surface area (Å²) in [7, 11) is 0. The first-order chi connectivity index (χ1) is 5.54. The summed E-state index contributed by atoms with van der Waals surface area (Å²) in [6, 6.07) is 0. The molecule has 6 heteroatoms. The minimum Gasteiger partial charge on any atom is -0.378 e. The molecular weight excluding hydrogens is 226 g/mol. The van der Waals surface area contributed by atoms with Crippen molar-refractivity contribution < 1.29 is 15.3 Å². The largest absolute Gasteiger partial charge is 0.378 e. The molecule has 0 amide bonds. The van der Waals surface area contributed by atoms with Crippen molar-refractivity contribution in [3.63, 3.8) is 0 Å². The monoisotopic (exact) mass is 238 g/mol. The van der Waals surface area contributed by atoms with Crippen LogP contribution in [0.5, 0.6) is 0 Å². The molecule has 0 aromatic rings. The summed E-state index contributed by atoms with van der Waals surface area (Å²) in [5.41, 5.74) is -0.762. The van der Waals surface area contributed by atoms with Crippen molar-refractivity contribution in [3.8, 4) is 0 Å². The Morgan fingerprint density at radius 2 is 1.33 bits per heavy atom. The lowest BCUT2D eigenvalue weighted by atomic mass is 10.5. The first kappa shape index (κ1) is 15.2. The van der Waals surface area contributed by atoms with E-state index in [0.29, 0.717) is 18.2 Å². The van der Waals surface area contributed by atoms with E-state index in [1.165, 1.54) is 0 Å². The molecule has 0 radical (unpaired) electrons. The van der Waals surface area contributed by atoms with E-state index in [1.54, 1.807) is 0 Å². The minimum absolute atomic E-state index is 0.252. The summed E-state index contributed by atoms with van der Waals surface area (Å²) in [5, 5.41) is 24.3. The molecule has 0 aliphatic carbocycles.